The minimum Gasteiger partial charge on any atom is -0.381 e. The van der Waals surface area contributed by atoms with Gasteiger partial charge in [-0.15, -0.1) is 0 Å². The van der Waals surface area contributed by atoms with Gasteiger partial charge in [0, 0.05) is 17.2 Å². The van der Waals surface area contributed by atoms with Gasteiger partial charge < -0.3 is 10.3 Å². The molecule has 0 radical (unpaired) electrons. The Bertz CT molecular complexity index is 652. The summed E-state index contributed by atoms with van der Waals surface area (Å²) in [5.41, 5.74) is 6.29. The lowest BCUT2D eigenvalue weighted by Gasteiger charge is -2.05. The van der Waals surface area contributed by atoms with Crippen molar-refractivity contribution >= 4 is 11.5 Å². The summed E-state index contributed by atoms with van der Waals surface area (Å²) in [7, 11) is 0. The molecule has 0 unspecified atom stereocenters. The van der Waals surface area contributed by atoms with Gasteiger partial charge in [-0.25, -0.2) is 4.39 Å². The fourth-order valence-electron chi connectivity index (χ4n) is 1.96. The molecule has 2 rings (SSSR count). The van der Waals surface area contributed by atoms with Crippen LogP contribution >= 0.6 is 0 Å². The number of hydrogen-bond donors (Lipinski definition) is 1. The SMILES string of the molecule is CC(C)Cc1c(N)noc1-c1cc(F)cc([N+](=O)[O-])c1. The molecule has 1 aromatic heterocycles. The Labute approximate surface area is 114 Å². The summed E-state index contributed by atoms with van der Waals surface area (Å²) in [5.74, 6) is 0.0816. The normalized spacial score (nSPS) is 11.0. The van der Waals surface area contributed by atoms with Gasteiger partial charge in [-0.2, -0.15) is 0 Å². The Morgan fingerprint density at radius 3 is 2.75 bits per heavy atom. The van der Waals surface area contributed by atoms with Crippen LogP contribution in [0.25, 0.3) is 11.3 Å². The lowest BCUT2D eigenvalue weighted by atomic mass is 9.99. The second-order valence-corrected chi connectivity index (χ2v) is 4.93. The number of nitro groups is 1. The summed E-state index contributed by atoms with van der Waals surface area (Å²) in [5, 5.41) is 14.4. The minimum absolute atomic E-state index is 0.223. The molecule has 7 heteroatoms. The fraction of sp³-hybridized carbons (Fsp3) is 0.308. The van der Waals surface area contributed by atoms with Crippen LogP contribution in [0.5, 0.6) is 0 Å². The zero-order valence-electron chi connectivity index (χ0n) is 11.1. The van der Waals surface area contributed by atoms with Crippen molar-refractivity contribution in [2.75, 3.05) is 5.73 Å². The molecule has 0 bridgehead atoms. The number of rotatable bonds is 4. The Kier molecular flexibility index (Phi) is 3.69. The second kappa shape index (κ2) is 5.28. The Hall–Kier alpha value is -2.44. The highest BCUT2D eigenvalue weighted by Gasteiger charge is 2.20. The first-order valence-corrected chi connectivity index (χ1v) is 6.08. The van der Waals surface area contributed by atoms with E-state index in [1.54, 1.807) is 0 Å². The molecule has 0 saturated heterocycles. The summed E-state index contributed by atoms with van der Waals surface area (Å²) < 4.78 is 18.6. The van der Waals surface area contributed by atoms with Crippen LogP contribution in [0.1, 0.15) is 19.4 Å². The first-order chi connectivity index (χ1) is 9.38. The highest BCUT2D eigenvalue weighted by atomic mass is 19.1. The zero-order valence-corrected chi connectivity index (χ0v) is 11.1. The maximum absolute atomic E-state index is 13.5. The predicted molar refractivity (Wildman–Crippen MR) is 71.5 cm³/mol. The maximum Gasteiger partial charge on any atom is 0.273 e. The van der Waals surface area contributed by atoms with E-state index in [1.807, 2.05) is 13.8 Å². The van der Waals surface area contributed by atoms with E-state index in [1.165, 1.54) is 6.07 Å². The highest BCUT2D eigenvalue weighted by molar-refractivity contribution is 5.68. The van der Waals surface area contributed by atoms with E-state index in [9.17, 15) is 14.5 Å². The lowest BCUT2D eigenvalue weighted by molar-refractivity contribution is -0.385. The van der Waals surface area contributed by atoms with Crippen LogP contribution in [0.3, 0.4) is 0 Å². The molecule has 106 valence electrons. The predicted octanol–water partition coefficient (Wildman–Crippen LogP) is 3.17. The van der Waals surface area contributed by atoms with Gasteiger partial charge in [-0.05, 0) is 18.4 Å². The van der Waals surface area contributed by atoms with Crippen molar-refractivity contribution in [3.63, 3.8) is 0 Å². The summed E-state index contributed by atoms with van der Waals surface area (Å²) in [6.45, 7) is 3.98. The minimum atomic E-state index is -0.709. The summed E-state index contributed by atoms with van der Waals surface area (Å²) >= 11 is 0. The third-order valence-corrected chi connectivity index (χ3v) is 2.79. The van der Waals surface area contributed by atoms with E-state index in [0.717, 1.165) is 12.1 Å². The van der Waals surface area contributed by atoms with Gasteiger partial charge >= 0.3 is 0 Å². The monoisotopic (exact) mass is 279 g/mol. The molecule has 2 aromatic rings. The van der Waals surface area contributed by atoms with E-state index in [2.05, 4.69) is 5.16 Å². The molecular weight excluding hydrogens is 265 g/mol. The van der Waals surface area contributed by atoms with Crippen molar-refractivity contribution in [3.8, 4) is 11.3 Å². The Morgan fingerprint density at radius 1 is 1.45 bits per heavy atom. The summed E-state index contributed by atoms with van der Waals surface area (Å²) in [4.78, 5) is 10.1. The van der Waals surface area contributed by atoms with Crippen molar-refractivity contribution in [2.24, 2.45) is 5.92 Å². The van der Waals surface area contributed by atoms with Crippen LogP contribution in [0.4, 0.5) is 15.9 Å². The number of aromatic nitrogens is 1. The molecule has 0 atom stereocenters. The molecule has 6 nitrogen and oxygen atoms in total. The number of halogens is 1. The summed E-state index contributed by atoms with van der Waals surface area (Å²) in [6, 6.07) is 3.26. The number of nitrogen functional groups attached to an aromatic ring is 1. The van der Waals surface area contributed by atoms with Crippen LogP contribution in [0.15, 0.2) is 22.7 Å². The standard InChI is InChI=1S/C13H14FN3O3/c1-7(2)3-11-12(20-16-13(11)15)8-4-9(14)6-10(5-8)17(18)19/h4-7H,3H2,1-2H3,(H2,15,16). The molecule has 0 aliphatic rings. The van der Waals surface area contributed by atoms with Gasteiger partial charge in [0.05, 0.1) is 11.0 Å². The highest BCUT2D eigenvalue weighted by Crippen LogP contribution is 2.32. The van der Waals surface area contributed by atoms with Crippen molar-refractivity contribution in [3.05, 3.63) is 39.7 Å². The molecule has 0 aliphatic heterocycles. The molecule has 1 heterocycles. The van der Waals surface area contributed by atoms with E-state index < -0.39 is 10.7 Å². The Morgan fingerprint density at radius 2 is 2.15 bits per heavy atom. The molecule has 0 saturated carbocycles. The van der Waals surface area contributed by atoms with Crippen molar-refractivity contribution in [1.82, 2.24) is 5.16 Å². The second-order valence-electron chi connectivity index (χ2n) is 4.93. The van der Waals surface area contributed by atoms with E-state index in [4.69, 9.17) is 10.3 Å². The molecule has 0 amide bonds. The number of nitrogens with two attached hydrogens (primary N) is 1. The van der Waals surface area contributed by atoms with Crippen LogP contribution in [0, 0.1) is 21.8 Å². The zero-order chi connectivity index (χ0) is 14.9. The number of hydrogen-bond acceptors (Lipinski definition) is 5. The molecular formula is C13H14FN3O3. The van der Waals surface area contributed by atoms with Gasteiger partial charge in [0.25, 0.3) is 5.69 Å². The topological polar surface area (TPSA) is 95.2 Å². The van der Waals surface area contributed by atoms with Gasteiger partial charge in [0.15, 0.2) is 11.6 Å². The van der Waals surface area contributed by atoms with Crippen LogP contribution in [0.2, 0.25) is 0 Å². The van der Waals surface area contributed by atoms with Gasteiger partial charge in [-0.1, -0.05) is 19.0 Å². The fourth-order valence-corrected chi connectivity index (χ4v) is 1.96. The van der Waals surface area contributed by atoms with Gasteiger partial charge in [0.1, 0.15) is 5.82 Å². The Balaban J connectivity index is 2.54. The van der Waals surface area contributed by atoms with E-state index in [0.29, 0.717) is 17.9 Å². The number of benzene rings is 1. The van der Waals surface area contributed by atoms with Crippen LogP contribution < -0.4 is 5.73 Å². The molecule has 0 fully saturated rings. The third-order valence-electron chi connectivity index (χ3n) is 2.79. The maximum atomic E-state index is 13.5. The van der Waals surface area contributed by atoms with E-state index >= 15 is 0 Å². The lowest BCUT2D eigenvalue weighted by Crippen LogP contribution is -1.99. The average molecular weight is 279 g/mol. The summed E-state index contributed by atoms with van der Waals surface area (Å²) in [6.07, 6.45) is 0.592. The molecule has 0 spiro atoms. The molecule has 1 aromatic carbocycles. The van der Waals surface area contributed by atoms with Crippen molar-refractivity contribution in [2.45, 2.75) is 20.3 Å². The van der Waals surface area contributed by atoms with Crippen molar-refractivity contribution in [1.29, 1.82) is 0 Å². The first-order valence-electron chi connectivity index (χ1n) is 6.08. The van der Waals surface area contributed by atoms with E-state index in [-0.39, 0.29) is 22.8 Å². The van der Waals surface area contributed by atoms with Crippen LogP contribution in [-0.4, -0.2) is 10.1 Å². The smallest absolute Gasteiger partial charge is 0.273 e. The number of nitro benzene ring substituents is 1. The molecule has 2 N–H and O–H groups in total. The van der Waals surface area contributed by atoms with Crippen LogP contribution in [-0.2, 0) is 6.42 Å². The van der Waals surface area contributed by atoms with Gasteiger partial charge in [-0.3, -0.25) is 10.1 Å². The van der Waals surface area contributed by atoms with Gasteiger partial charge in [0.2, 0.25) is 0 Å². The largest absolute Gasteiger partial charge is 0.381 e. The number of non-ortho nitro benzene ring substituents is 1. The molecule has 20 heavy (non-hydrogen) atoms. The number of nitrogens with zero attached hydrogens (tertiary/aromatic N) is 2. The molecule has 0 aliphatic carbocycles. The quantitative estimate of drug-likeness (QED) is 0.685. The third kappa shape index (κ3) is 2.76. The average Bonchev–Trinajstić information content (AvgIpc) is 2.69. The number of anilines is 1. The van der Waals surface area contributed by atoms with Crippen molar-refractivity contribution < 1.29 is 13.8 Å². The first kappa shape index (κ1) is 14.0.